The lowest BCUT2D eigenvalue weighted by molar-refractivity contribution is -0.210. The van der Waals surface area contributed by atoms with Crippen molar-refractivity contribution < 1.29 is 9.53 Å². The first-order valence-electron chi connectivity index (χ1n) is 9.56. The van der Waals surface area contributed by atoms with Crippen LogP contribution in [0.25, 0.3) is 0 Å². The Morgan fingerprint density at radius 2 is 1.77 bits per heavy atom. The summed E-state index contributed by atoms with van der Waals surface area (Å²) in [6, 6.07) is 0. The van der Waals surface area contributed by atoms with Crippen molar-refractivity contribution >= 4 is 5.78 Å². The van der Waals surface area contributed by atoms with Gasteiger partial charge in [-0.3, -0.25) is 4.79 Å². The molecule has 0 aromatic rings. The second kappa shape index (κ2) is 4.82. The first-order chi connectivity index (χ1) is 10.5. The highest BCUT2D eigenvalue weighted by Crippen LogP contribution is 2.67. The fourth-order valence-corrected chi connectivity index (χ4v) is 7.48. The number of ketones is 1. The Morgan fingerprint density at radius 3 is 2.55 bits per heavy atom. The molecule has 4 rings (SSSR count). The van der Waals surface area contributed by atoms with E-state index in [1.165, 1.54) is 44.9 Å². The van der Waals surface area contributed by atoms with Crippen LogP contribution in [0.3, 0.4) is 0 Å². The maximum absolute atomic E-state index is 12.7. The van der Waals surface area contributed by atoms with E-state index >= 15 is 0 Å². The van der Waals surface area contributed by atoms with E-state index < -0.39 is 0 Å². The summed E-state index contributed by atoms with van der Waals surface area (Å²) in [5.41, 5.74) is 0.152. The quantitative estimate of drug-likeness (QED) is 0.698. The van der Waals surface area contributed by atoms with Crippen molar-refractivity contribution in [2.75, 3.05) is 7.11 Å². The number of hydrogen-bond acceptors (Lipinski definition) is 2. The molecule has 0 heterocycles. The van der Waals surface area contributed by atoms with Crippen molar-refractivity contribution in [3.05, 3.63) is 0 Å². The molecule has 0 amide bonds. The van der Waals surface area contributed by atoms with E-state index in [0.717, 1.165) is 31.1 Å². The Kier molecular flexibility index (Phi) is 3.32. The molecule has 4 aliphatic carbocycles. The van der Waals surface area contributed by atoms with Crippen molar-refractivity contribution in [3.8, 4) is 0 Å². The minimum Gasteiger partial charge on any atom is -0.377 e. The summed E-state index contributed by atoms with van der Waals surface area (Å²) in [7, 11) is 1.88. The van der Waals surface area contributed by atoms with E-state index in [4.69, 9.17) is 4.74 Å². The molecule has 0 unspecified atom stereocenters. The molecular formula is C20H32O2. The van der Waals surface area contributed by atoms with Gasteiger partial charge in [0.05, 0.1) is 11.0 Å². The lowest BCUT2D eigenvalue weighted by atomic mass is 9.44. The standard InChI is InChI=1S/C20H32O2/c1-18-11-5-4-6-14(18)7-8-16-15(18)9-12-19(2)17(21)10-13-20(16,19)22-3/h14-16H,4-13H2,1-3H3/t14-,15+,16-,18+,19-,20-/m1/s1. The molecule has 22 heavy (non-hydrogen) atoms. The SMILES string of the molecule is CO[C@@]12CCC(=O)[C@@]1(C)CC[C@H]1[C@H]2CC[C@H]2CCCC[C@@]21C. The predicted octanol–water partition coefficient (Wildman–Crippen LogP) is 4.76. The van der Waals surface area contributed by atoms with Gasteiger partial charge >= 0.3 is 0 Å². The van der Waals surface area contributed by atoms with Gasteiger partial charge in [0.15, 0.2) is 0 Å². The molecular weight excluding hydrogens is 272 g/mol. The monoisotopic (exact) mass is 304 g/mol. The highest BCUT2D eigenvalue weighted by molar-refractivity contribution is 5.88. The smallest absolute Gasteiger partial charge is 0.141 e. The molecule has 0 bridgehead atoms. The summed E-state index contributed by atoms with van der Waals surface area (Å²) in [5, 5.41) is 0. The molecule has 2 nitrogen and oxygen atoms in total. The van der Waals surface area contributed by atoms with Gasteiger partial charge in [-0.25, -0.2) is 0 Å². The molecule has 124 valence electrons. The van der Waals surface area contributed by atoms with Crippen molar-refractivity contribution in [2.24, 2.45) is 28.6 Å². The third-order valence-corrected chi connectivity index (χ3v) is 8.80. The van der Waals surface area contributed by atoms with Crippen LogP contribution in [0.15, 0.2) is 0 Å². The van der Waals surface area contributed by atoms with Crippen LogP contribution in [0.5, 0.6) is 0 Å². The molecule has 4 aliphatic rings. The molecule has 0 aromatic carbocycles. The van der Waals surface area contributed by atoms with Gasteiger partial charge in [-0.1, -0.05) is 19.8 Å². The van der Waals surface area contributed by atoms with Crippen molar-refractivity contribution in [1.29, 1.82) is 0 Å². The van der Waals surface area contributed by atoms with Gasteiger partial charge in [-0.05, 0) is 75.0 Å². The molecule has 0 spiro atoms. The van der Waals surface area contributed by atoms with Crippen LogP contribution in [-0.2, 0) is 9.53 Å². The summed E-state index contributed by atoms with van der Waals surface area (Å²) >= 11 is 0. The highest BCUT2D eigenvalue weighted by Gasteiger charge is 2.68. The van der Waals surface area contributed by atoms with E-state index in [2.05, 4.69) is 13.8 Å². The van der Waals surface area contributed by atoms with Crippen LogP contribution in [0, 0.1) is 28.6 Å². The molecule has 0 N–H and O–H groups in total. The van der Waals surface area contributed by atoms with Crippen LogP contribution < -0.4 is 0 Å². The minimum absolute atomic E-state index is 0.154. The molecule has 0 saturated heterocycles. The Labute approximate surface area is 135 Å². The second-order valence-corrected chi connectivity index (χ2v) is 9.13. The second-order valence-electron chi connectivity index (χ2n) is 9.13. The van der Waals surface area contributed by atoms with Crippen LogP contribution in [0.4, 0.5) is 0 Å². The number of carbonyl (C=O) groups excluding carboxylic acids is 1. The van der Waals surface area contributed by atoms with E-state index in [1.54, 1.807) is 0 Å². The zero-order chi connectivity index (χ0) is 15.6. The fourth-order valence-electron chi connectivity index (χ4n) is 7.48. The Hall–Kier alpha value is -0.370. The normalized spacial score (nSPS) is 54.5. The van der Waals surface area contributed by atoms with Gasteiger partial charge in [0.25, 0.3) is 0 Å². The van der Waals surface area contributed by atoms with Crippen LogP contribution in [-0.4, -0.2) is 18.5 Å². The first-order valence-corrected chi connectivity index (χ1v) is 9.56. The van der Waals surface area contributed by atoms with Gasteiger partial charge < -0.3 is 4.74 Å². The molecule has 0 aromatic heterocycles. The van der Waals surface area contributed by atoms with Crippen LogP contribution >= 0.6 is 0 Å². The number of Topliss-reactive ketones (excluding diaryl/α,β-unsaturated/α-hetero) is 1. The van der Waals surface area contributed by atoms with Gasteiger partial charge in [0, 0.05) is 13.5 Å². The summed E-state index contributed by atoms with van der Waals surface area (Å²) in [6.07, 6.45) is 12.4. The van der Waals surface area contributed by atoms with E-state index in [1.807, 2.05) is 7.11 Å². The Morgan fingerprint density at radius 1 is 0.955 bits per heavy atom. The molecule has 2 heteroatoms. The summed E-state index contributed by atoms with van der Waals surface area (Å²) in [6.45, 7) is 4.80. The molecule has 4 saturated carbocycles. The average molecular weight is 304 g/mol. The Bertz CT molecular complexity index is 486. The zero-order valence-corrected chi connectivity index (χ0v) is 14.6. The maximum atomic E-state index is 12.7. The number of rotatable bonds is 1. The topological polar surface area (TPSA) is 26.3 Å². The largest absolute Gasteiger partial charge is 0.377 e. The first kappa shape index (κ1) is 15.2. The number of hydrogen-bond donors (Lipinski definition) is 0. The fraction of sp³-hybridized carbons (Fsp3) is 0.950. The molecule has 0 aliphatic heterocycles. The van der Waals surface area contributed by atoms with Crippen molar-refractivity contribution in [3.63, 3.8) is 0 Å². The van der Waals surface area contributed by atoms with Gasteiger partial charge in [0.2, 0.25) is 0 Å². The Balaban J connectivity index is 1.74. The lowest BCUT2D eigenvalue weighted by Crippen LogP contribution is -2.62. The third kappa shape index (κ3) is 1.63. The summed E-state index contributed by atoms with van der Waals surface area (Å²) < 4.78 is 6.25. The van der Waals surface area contributed by atoms with Crippen molar-refractivity contribution in [2.45, 2.75) is 83.7 Å². The maximum Gasteiger partial charge on any atom is 0.141 e. The van der Waals surface area contributed by atoms with Gasteiger partial charge in [-0.2, -0.15) is 0 Å². The summed E-state index contributed by atoms with van der Waals surface area (Å²) in [5.74, 6) is 2.80. The minimum atomic E-state index is -0.208. The van der Waals surface area contributed by atoms with Crippen LogP contribution in [0.2, 0.25) is 0 Å². The van der Waals surface area contributed by atoms with E-state index in [0.29, 0.717) is 17.1 Å². The number of fused-ring (bicyclic) bond motifs is 5. The molecule has 0 radical (unpaired) electrons. The number of ether oxygens (including phenoxy) is 1. The van der Waals surface area contributed by atoms with E-state index in [-0.39, 0.29) is 11.0 Å². The van der Waals surface area contributed by atoms with E-state index in [9.17, 15) is 4.79 Å². The van der Waals surface area contributed by atoms with Gasteiger partial charge in [0.1, 0.15) is 5.78 Å². The summed E-state index contributed by atoms with van der Waals surface area (Å²) in [4.78, 5) is 12.7. The predicted molar refractivity (Wildman–Crippen MR) is 87.6 cm³/mol. The molecule has 4 fully saturated rings. The van der Waals surface area contributed by atoms with Gasteiger partial charge in [-0.15, -0.1) is 0 Å². The average Bonchev–Trinajstić information content (AvgIpc) is 2.79. The lowest BCUT2D eigenvalue weighted by Gasteiger charge is -2.63. The highest BCUT2D eigenvalue weighted by atomic mass is 16.5. The number of methoxy groups -OCH3 is 1. The zero-order valence-electron chi connectivity index (χ0n) is 14.6. The number of carbonyl (C=O) groups is 1. The van der Waals surface area contributed by atoms with Crippen molar-refractivity contribution in [1.82, 2.24) is 0 Å². The molecule has 6 atom stereocenters. The van der Waals surface area contributed by atoms with Crippen LogP contribution in [0.1, 0.15) is 78.1 Å². The third-order valence-electron chi connectivity index (χ3n) is 8.80.